The third-order valence-corrected chi connectivity index (χ3v) is 3.09. The maximum absolute atomic E-state index is 6.10. The van der Waals surface area contributed by atoms with Crippen molar-refractivity contribution in [2.24, 2.45) is 5.73 Å². The lowest BCUT2D eigenvalue weighted by Crippen LogP contribution is -2.14. The standard InChI is InChI=1S/C15H16ClNO/c16-14-9-5-4-8-13(14)15(17)10-11-18-12-6-2-1-3-7-12/h1-9,15H,10-11,17H2. The first-order valence-electron chi connectivity index (χ1n) is 5.95. The third kappa shape index (κ3) is 3.49. The summed E-state index contributed by atoms with van der Waals surface area (Å²) in [5.41, 5.74) is 7.06. The minimum atomic E-state index is -0.0950. The van der Waals surface area contributed by atoms with E-state index in [-0.39, 0.29) is 6.04 Å². The van der Waals surface area contributed by atoms with Crippen LogP contribution in [0.2, 0.25) is 5.02 Å². The topological polar surface area (TPSA) is 35.2 Å². The molecular formula is C15H16ClNO. The lowest BCUT2D eigenvalue weighted by atomic mass is 10.1. The number of benzene rings is 2. The number of rotatable bonds is 5. The SMILES string of the molecule is NC(CCOc1ccccc1)c1ccccc1Cl. The molecule has 0 saturated heterocycles. The molecule has 2 rings (SSSR count). The first-order chi connectivity index (χ1) is 8.77. The molecule has 0 amide bonds. The molecule has 94 valence electrons. The number of ether oxygens (including phenoxy) is 1. The van der Waals surface area contributed by atoms with Crippen LogP contribution in [0.25, 0.3) is 0 Å². The van der Waals surface area contributed by atoms with Gasteiger partial charge in [-0.1, -0.05) is 48.0 Å². The van der Waals surface area contributed by atoms with E-state index in [0.29, 0.717) is 11.6 Å². The predicted octanol–water partition coefficient (Wildman–Crippen LogP) is 3.81. The molecule has 0 bridgehead atoms. The van der Waals surface area contributed by atoms with Crippen LogP contribution in [0.1, 0.15) is 18.0 Å². The molecular weight excluding hydrogens is 246 g/mol. The van der Waals surface area contributed by atoms with E-state index in [1.54, 1.807) is 0 Å². The Bertz CT molecular complexity index is 487. The molecule has 0 aliphatic carbocycles. The predicted molar refractivity (Wildman–Crippen MR) is 74.9 cm³/mol. The Kier molecular flexibility index (Phi) is 4.62. The quantitative estimate of drug-likeness (QED) is 0.888. The minimum absolute atomic E-state index is 0.0950. The van der Waals surface area contributed by atoms with Crippen LogP contribution in [0, 0.1) is 0 Å². The van der Waals surface area contributed by atoms with Gasteiger partial charge in [0.15, 0.2) is 0 Å². The van der Waals surface area contributed by atoms with E-state index in [1.165, 1.54) is 0 Å². The van der Waals surface area contributed by atoms with Crippen LogP contribution in [0.5, 0.6) is 5.75 Å². The number of nitrogens with two attached hydrogens (primary N) is 1. The van der Waals surface area contributed by atoms with Gasteiger partial charge in [-0.3, -0.25) is 0 Å². The van der Waals surface area contributed by atoms with Crippen molar-refractivity contribution in [2.75, 3.05) is 6.61 Å². The number of hydrogen-bond acceptors (Lipinski definition) is 2. The Balaban J connectivity index is 1.86. The van der Waals surface area contributed by atoms with Gasteiger partial charge in [0.2, 0.25) is 0 Å². The smallest absolute Gasteiger partial charge is 0.119 e. The van der Waals surface area contributed by atoms with E-state index >= 15 is 0 Å². The molecule has 0 aliphatic heterocycles. The van der Waals surface area contributed by atoms with Crippen LogP contribution < -0.4 is 10.5 Å². The zero-order chi connectivity index (χ0) is 12.8. The van der Waals surface area contributed by atoms with Gasteiger partial charge in [-0.15, -0.1) is 0 Å². The van der Waals surface area contributed by atoms with Crippen LogP contribution in [0.15, 0.2) is 54.6 Å². The summed E-state index contributed by atoms with van der Waals surface area (Å²) in [5, 5.41) is 0.713. The number of para-hydroxylation sites is 1. The van der Waals surface area contributed by atoms with Crippen molar-refractivity contribution in [2.45, 2.75) is 12.5 Å². The maximum atomic E-state index is 6.10. The van der Waals surface area contributed by atoms with Crippen LogP contribution in [-0.2, 0) is 0 Å². The monoisotopic (exact) mass is 261 g/mol. The fourth-order valence-corrected chi connectivity index (χ4v) is 2.03. The zero-order valence-corrected chi connectivity index (χ0v) is 10.8. The highest BCUT2D eigenvalue weighted by atomic mass is 35.5. The second kappa shape index (κ2) is 6.43. The van der Waals surface area contributed by atoms with Gasteiger partial charge < -0.3 is 10.5 Å². The van der Waals surface area contributed by atoms with Crippen molar-refractivity contribution in [3.8, 4) is 5.75 Å². The normalized spacial score (nSPS) is 12.1. The Morgan fingerprint density at radius 3 is 2.39 bits per heavy atom. The molecule has 0 fully saturated rings. The van der Waals surface area contributed by atoms with Gasteiger partial charge >= 0.3 is 0 Å². The summed E-state index contributed by atoms with van der Waals surface area (Å²) in [7, 11) is 0. The van der Waals surface area contributed by atoms with Crippen LogP contribution in [-0.4, -0.2) is 6.61 Å². The van der Waals surface area contributed by atoms with Crippen molar-refractivity contribution in [1.82, 2.24) is 0 Å². The summed E-state index contributed by atoms with van der Waals surface area (Å²) in [6, 6.07) is 17.3. The molecule has 0 aromatic heterocycles. The van der Waals surface area contributed by atoms with Crippen molar-refractivity contribution in [3.63, 3.8) is 0 Å². The summed E-state index contributed by atoms with van der Waals surface area (Å²) in [5.74, 6) is 0.865. The van der Waals surface area contributed by atoms with E-state index in [0.717, 1.165) is 17.7 Å². The van der Waals surface area contributed by atoms with Crippen molar-refractivity contribution < 1.29 is 4.74 Å². The summed E-state index contributed by atoms with van der Waals surface area (Å²) in [6.45, 7) is 0.580. The summed E-state index contributed by atoms with van der Waals surface area (Å²) in [4.78, 5) is 0. The van der Waals surface area contributed by atoms with Gasteiger partial charge in [-0.25, -0.2) is 0 Å². The van der Waals surface area contributed by atoms with Gasteiger partial charge in [0, 0.05) is 17.5 Å². The second-order valence-corrected chi connectivity index (χ2v) is 4.49. The molecule has 1 atom stereocenters. The number of hydrogen-bond donors (Lipinski definition) is 1. The van der Waals surface area contributed by atoms with E-state index in [2.05, 4.69) is 0 Å². The molecule has 3 heteroatoms. The molecule has 2 N–H and O–H groups in total. The Morgan fingerprint density at radius 1 is 1.00 bits per heavy atom. The minimum Gasteiger partial charge on any atom is -0.494 e. The van der Waals surface area contributed by atoms with Crippen molar-refractivity contribution in [1.29, 1.82) is 0 Å². The van der Waals surface area contributed by atoms with Gasteiger partial charge in [0.25, 0.3) is 0 Å². The highest BCUT2D eigenvalue weighted by Crippen LogP contribution is 2.23. The number of halogens is 1. The van der Waals surface area contributed by atoms with E-state index in [9.17, 15) is 0 Å². The summed E-state index contributed by atoms with van der Waals surface area (Å²) < 4.78 is 5.61. The first kappa shape index (κ1) is 12.9. The molecule has 0 radical (unpaired) electrons. The average Bonchev–Trinajstić information content (AvgIpc) is 2.40. The van der Waals surface area contributed by atoms with Gasteiger partial charge in [-0.2, -0.15) is 0 Å². The Labute approximate surface area is 112 Å². The Morgan fingerprint density at radius 2 is 1.67 bits per heavy atom. The second-order valence-electron chi connectivity index (χ2n) is 4.08. The Hall–Kier alpha value is -1.51. The molecule has 1 unspecified atom stereocenters. The van der Waals surface area contributed by atoms with Crippen LogP contribution in [0.3, 0.4) is 0 Å². The van der Waals surface area contributed by atoms with Gasteiger partial charge in [0.1, 0.15) is 5.75 Å². The van der Waals surface area contributed by atoms with Gasteiger partial charge in [0.05, 0.1) is 6.61 Å². The highest BCUT2D eigenvalue weighted by molar-refractivity contribution is 6.31. The van der Waals surface area contributed by atoms with Crippen LogP contribution in [0.4, 0.5) is 0 Å². The molecule has 0 spiro atoms. The maximum Gasteiger partial charge on any atom is 0.119 e. The first-order valence-corrected chi connectivity index (χ1v) is 6.33. The van der Waals surface area contributed by atoms with E-state index in [4.69, 9.17) is 22.1 Å². The lowest BCUT2D eigenvalue weighted by molar-refractivity contribution is 0.298. The average molecular weight is 262 g/mol. The molecule has 18 heavy (non-hydrogen) atoms. The zero-order valence-electron chi connectivity index (χ0n) is 10.1. The third-order valence-electron chi connectivity index (χ3n) is 2.75. The highest BCUT2D eigenvalue weighted by Gasteiger charge is 2.09. The molecule has 0 saturated carbocycles. The summed E-state index contributed by atoms with van der Waals surface area (Å²) in [6.07, 6.45) is 0.735. The fourth-order valence-electron chi connectivity index (χ4n) is 1.75. The van der Waals surface area contributed by atoms with Gasteiger partial charge in [-0.05, 0) is 23.8 Å². The summed E-state index contributed by atoms with van der Waals surface area (Å²) >= 11 is 6.09. The van der Waals surface area contributed by atoms with Crippen molar-refractivity contribution >= 4 is 11.6 Å². The van der Waals surface area contributed by atoms with E-state index < -0.39 is 0 Å². The molecule has 2 aromatic rings. The van der Waals surface area contributed by atoms with E-state index in [1.807, 2.05) is 54.6 Å². The lowest BCUT2D eigenvalue weighted by Gasteiger charge is -2.14. The van der Waals surface area contributed by atoms with Crippen molar-refractivity contribution in [3.05, 3.63) is 65.2 Å². The largest absolute Gasteiger partial charge is 0.494 e. The fraction of sp³-hybridized carbons (Fsp3) is 0.200. The molecule has 2 aromatic carbocycles. The van der Waals surface area contributed by atoms with Crippen LogP contribution >= 0.6 is 11.6 Å². The molecule has 0 heterocycles. The molecule has 2 nitrogen and oxygen atoms in total. The molecule has 0 aliphatic rings.